The highest BCUT2D eigenvalue weighted by Crippen LogP contribution is 2.17. The summed E-state index contributed by atoms with van der Waals surface area (Å²) in [7, 11) is 0. The SMILES string of the molecule is CCCn1ncc(NCC(C)CN2CCCC2)c(Br)c1=O. The van der Waals surface area contributed by atoms with Gasteiger partial charge in [0.2, 0.25) is 0 Å². The molecule has 21 heavy (non-hydrogen) atoms. The summed E-state index contributed by atoms with van der Waals surface area (Å²) >= 11 is 3.39. The van der Waals surface area contributed by atoms with E-state index in [0.29, 0.717) is 16.9 Å². The van der Waals surface area contributed by atoms with E-state index >= 15 is 0 Å². The second-order valence-electron chi connectivity index (χ2n) is 5.89. The highest BCUT2D eigenvalue weighted by atomic mass is 79.9. The first-order valence-corrected chi connectivity index (χ1v) is 8.63. The fourth-order valence-corrected chi connectivity index (χ4v) is 3.16. The van der Waals surface area contributed by atoms with E-state index in [1.165, 1.54) is 30.6 Å². The zero-order valence-corrected chi connectivity index (χ0v) is 14.5. The smallest absolute Gasteiger partial charge is 0.283 e. The predicted molar refractivity (Wildman–Crippen MR) is 89.8 cm³/mol. The minimum atomic E-state index is -0.0611. The zero-order chi connectivity index (χ0) is 15.2. The van der Waals surface area contributed by atoms with Gasteiger partial charge in [0.25, 0.3) is 5.56 Å². The van der Waals surface area contributed by atoms with Gasteiger partial charge < -0.3 is 10.2 Å². The summed E-state index contributed by atoms with van der Waals surface area (Å²) in [4.78, 5) is 14.6. The Balaban J connectivity index is 1.90. The Morgan fingerprint density at radius 2 is 2.14 bits per heavy atom. The number of aromatic nitrogens is 2. The molecule has 1 aliphatic rings. The van der Waals surface area contributed by atoms with Crippen molar-refractivity contribution in [3.05, 3.63) is 21.0 Å². The first kappa shape index (κ1) is 16.5. The molecule has 2 heterocycles. The molecule has 1 aromatic rings. The van der Waals surface area contributed by atoms with Crippen molar-refractivity contribution in [2.24, 2.45) is 5.92 Å². The third-order valence-corrected chi connectivity index (χ3v) is 4.60. The molecule has 1 fully saturated rings. The maximum Gasteiger partial charge on any atom is 0.283 e. The van der Waals surface area contributed by atoms with Crippen molar-refractivity contribution in [3.63, 3.8) is 0 Å². The van der Waals surface area contributed by atoms with Crippen LogP contribution in [0, 0.1) is 5.92 Å². The molecule has 2 rings (SSSR count). The standard InChI is InChI=1S/C15H25BrN4O/c1-3-6-20-15(21)14(16)13(10-18-20)17-9-12(2)11-19-7-4-5-8-19/h10,12,17H,3-9,11H2,1-2H3. The molecule has 1 aromatic heterocycles. The van der Waals surface area contributed by atoms with E-state index in [1.807, 2.05) is 6.92 Å². The van der Waals surface area contributed by atoms with E-state index in [-0.39, 0.29) is 5.56 Å². The summed E-state index contributed by atoms with van der Waals surface area (Å²) in [6, 6.07) is 0. The summed E-state index contributed by atoms with van der Waals surface area (Å²) in [5.41, 5.74) is 0.731. The molecule has 0 radical (unpaired) electrons. The molecule has 0 bridgehead atoms. The van der Waals surface area contributed by atoms with Crippen LogP contribution in [0.25, 0.3) is 0 Å². The second kappa shape index (κ2) is 7.94. The van der Waals surface area contributed by atoms with Crippen LogP contribution >= 0.6 is 15.9 Å². The van der Waals surface area contributed by atoms with Gasteiger partial charge in [0.1, 0.15) is 4.47 Å². The fourth-order valence-electron chi connectivity index (χ4n) is 2.71. The van der Waals surface area contributed by atoms with Gasteiger partial charge in [-0.1, -0.05) is 13.8 Å². The molecule has 0 spiro atoms. The average Bonchev–Trinajstić information content (AvgIpc) is 2.96. The van der Waals surface area contributed by atoms with Crippen molar-refractivity contribution in [2.75, 3.05) is 31.5 Å². The van der Waals surface area contributed by atoms with E-state index in [2.05, 4.69) is 38.2 Å². The van der Waals surface area contributed by atoms with Gasteiger partial charge in [0, 0.05) is 19.6 Å². The Morgan fingerprint density at radius 3 is 2.81 bits per heavy atom. The number of likely N-dealkylation sites (tertiary alicyclic amines) is 1. The van der Waals surface area contributed by atoms with Gasteiger partial charge in [-0.25, -0.2) is 4.68 Å². The normalized spacial score (nSPS) is 17.1. The highest BCUT2D eigenvalue weighted by molar-refractivity contribution is 9.10. The number of nitrogens with zero attached hydrogens (tertiary/aromatic N) is 3. The molecular formula is C15H25BrN4O. The van der Waals surface area contributed by atoms with Crippen LogP contribution in [0.2, 0.25) is 0 Å². The minimum absolute atomic E-state index is 0.0611. The maximum absolute atomic E-state index is 12.1. The molecule has 1 N–H and O–H groups in total. The van der Waals surface area contributed by atoms with Crippen molar-refractivity contribution < 1.29 is 0 Å². The molecule has 0 aliphatic carbocycles. The van der Waals surface area contributed by atoms with Crippen molar-refractivity contribution in [2.45, 2.75) is 39.7 Å². The van der Waals surface area contributed by atoms with Gasteiger partial charge in [0.05, 0.1) is 11.9 Å². The number of hydrogen-bond acceptors (Lipinski definition) is 4. The van der Waals surface area contributed by atoms with Gasteiger partial charge in [-0.3, -0.25) is 4.79 Å². The van der Waals surface area contributed by atoms with Gasteiger partial charge in [-0.15, -0.1) is 0 Å². The number of nitrogens with one attached hydrogen (secondary N) is 1. The molecule has 6 heteroatoms. The second-order valence-corrected chi connectivity index (χ2v) is 6.69. The molecule has 1 saturated heterocycles. The van der Waals surface area contributed by atoms with Gasteiger partial charge in [0.15, 0.2) is 0 Å². The molecule has 0 aromatic carbocycles. The number of halogens is 1. The maximum atomic E-state index is 12.1. The van der Waals surface area contributed by atoms with Crippen molar-refractivity contribution >= 4 is 21.6 Å². The van der Waals surface area contributed by atoms with Crippen LogP contribution in [0.15, 0.2) is 15.5 Å². The van der Waals surface area contributed by atoms with Crippen LogP contribution < -0.4 is 10.9 Å². The lowest BCUT2D eigenvalue weighted by molar-refractivity contribution is 0.294. The van der Waals surface area contributed by atoms with E-state index in [9.17, 15) is 4.79 Å². The van der Waals surface area contributed by atoms with Crippen LogP contribution in [0.5, 0.6) is 0 Å². The molecule has 0 amide bonds. The van der Waals surface area contributed by atoms with E-state index in [0.717, 1.165) is 25.2 Å². The van der Waals surface area contributed by atoms with Crippen LogP contribution in [0.4, 0.5) is 5.69 Å². The van der Waals surface area contributed by atoms with E-state index in [1.54, 1.807) is 6.20 Å². The molecule has 0 saturated carbocycles. The van der Waals surface area contributed by atoms with Crippen molar-refractivity contribution in [1.29, 1.82) is 0 Å². The number of rotatable bonds is 7. The first-order chi connectivity index (χ1) is 10.1. The van der Waals surface area contributed by atoms with Gasteiger partial charge >= 0.3 is 0 Å². The van der Waals surface area contributed by atoms with Gasteiger partial charge in [-0.05, 0) is 54.2 Å². The molecule has 1 unspecified atom stereocenters. The third kappa shape index (κ3) is 4.54. The summed E-state index contributed by atoms with van der Waals surface area (Å²) in [5.74, 6) is 0.549. The lowest BCUT2D eigenvalue weighted by atomic mass is 10.1. The predicted octanol–water partition coefficient (Wildman–Crippen LogP) is 2.56. The number of aryl methyl sites for hydroxylation is 1. The molecule has 5 nitrogen and oxygen atoms in total. The fraction of sp³-hybridized carbons (Fsp3) is 0.733. The summed E-state index contributed by atoms with van der Waals surface area (Å²) < 4.78 is 2.09. The zero-order valence-electron chi connectivity index (χ0n) is 12.9. The Morgan fingerprint density at radius 1 is 1.43 bits per heavy atom. The molecule has 1 aliphatic heterocycles. The Kier molecular flexibility index (Phi) is 6.23. The lowest BCUT2D eigenvalue weighted by Crippen LogP contribution is -2.29. The average molecular weight is 357 g/mol. The minimum Gasteiger partial charge on any atom is -0.382 e. The van der Waals surface area contributed by atoms with Crippen LogP contribution in [0.3, 0.4) is 0 Å². The summed E-state index contributed by atoms with van der Waals surface area (Å²) in [6.07, 6.45) is 5.29. The monoisotopic (exact) mass is 356 g/mol. The van der Waals surface area contributed by atoms with Crippen LogP contribution in [-0.4, -0.2) is 40.9 Å². The highest BCUT2D eigenvalue weighted by Gasteiger charge is 2.15. The van der Waals surface area contributed by atoms with E-state index < -0.39 is 0 Å². The van der Waals surface area contributed by atoms with Crippen LogP contribution in [0.1, 0.15) is 33.1 Å². The first-order valence-electron chi connectivity index (χ1n) is 7.83. The van der Waals surface area contributed by atoms with Crippen LogP contribution in [-0.2, 0) is 6.54 Å². The summed E-state index contributed by atoms with van der Waals surface area (Å²) in [6.45, 7) is 9.35. The topological polar surface area (TPSA) is 50.2 Å². The Labute approximate surface area is 134 Å². The molecular weight excluding hydrogens is 332 g/mol. The summed E-state index contributed by atoms with van der Waals surface area (Å²) in [5, 5.41) is 7.56. The molecule has 118 valence electrons. The number of hydrogen-bond donors (Lipinski definition) is 1. The van der Waals surface area contributed by atoms with Crippen molar-refractivity contribution in [3.8, 4) is 0 Å². The number of anilines is 1. The third-order valence-electron chi connectivity index (χ3n) is 3.83. The van der Waals surface area contributed by atoms with E-state index in [4.69, 9.17) is 0 Å². The molecule has 1 atom stereocenters. The Hall–Kier alpha value is -0.880. The lowest BCUT2D eigenvalue weighted by Gasteiger charge is -2.21. The largest absolute Gasteiger partial charge is 0.382 e. The quantitative estimate of drug-likeness (QED) is 0.815. The van der Waals surface area contributed by atoms with Gasteiger partial charge in [-0.2, -0.15) is 5.10 Å². The van der Waals surface area contributed by atoms with Crippen molar-refractivity contribution in [1.82, 2.24) is 14.7 Å². The Bertz CT molecular complexity index is 511.